The van der Waals surface area contributed by atoms with Gasteiger partial charge in [0.05, 0.1) is 7.11 Å². The predicted molar refractivity (Wildman–Crippen MR) is 82.3 cm³/mol. The van der Waals surface area contributed by atoms with E-state index in [-0.39, 0.29) is 0 Å². The number of methoxy groups -OCH3 is 1. The molecular formula is C17H24OS. The number of hydrogen-bond donors (Lipinski definition) is 0. The molecular weight excluding hydrogens is 252 g/mol. The van der Waals surface area contributed by atoms with Gasteiger partial charge in [-0.15, -0.1) is 11.8 Å². The summed E-state index contributed by atoms with van der Waals surface area (Å²) >= 11 is 1.88. The number of thioether (sulfide) groups is 1. The Hall–Kier alpha value is -0.630. The summed E-state index contributed by atoms with van der Waals surface area (Å²) in [6.45, 7) is 0. The van der Waals surface area contributed by atoms with Crippen LogP contribution < -0.4 is 4.74 Å². The van der Waals surface area contributed by atoms with Crippen molar-refractivity contribution in [3.05, 3.63) is 23.3 Å². The summed E-state index contributed by atoms with van der Waals surface area (Å²) in [4.78, 5) is 1.44. The van der Waals surface area contributed by atoms with Gasteiger partial charge < -0.3 is 4.74 Å². The lowest BCUT2D eigenvalue weighted by Crippen LogP contribution is -2.31. The monoisotopic (exact) mass is 276 g/mol. The van der Waals surface area contributed by atoms with Crippen LogP contribution in [0, 0.1) is 5.41 Å². The summed E-state index contributed by atoms with van der Waals surface area (Å²) in [7, 11) is 1.78. The minimum absolute atomic E-state index is 0.629. The molecule has 0 amide bonds. The highest BCUT2D eigenvalue weighted by Crippen LogP contribution is 2.48. The van der Waals surface area contributed by atoms with Crippen molar-refractivity contribution in [2.45, 2.75) is 56.3 Å². The Kier molecular flexibility index (Phi) is 3.79. The molecule has 0 atom stereocenters. The first kappa shape index (κ1) is 13.4. The van der Waals surface area contributed by atoms with E-state index < -0.39 is 0 Å². The van der Waals surface area contributed by atoms with Crippen molar-refractivity contribution in [2.24, 2.45) is 5.41 Å². The molecule has 0 heterocycles. The van der Waals surface area contributed by atoms with Crippen LogP contribution in [0.15, 0.2) is 17.0 Å². The van der Waals surface area contributed by atoms with Crippen molar-refractivity contribution in [3.8, 4) is 5.75 Å². The van der Waals surface area contributed by atoms with E-state index in [4.69, 9.17) is 4.74 Å². The second-order valence-corrected chi connectivity index (χ2v) is 7.05. The zero-order valence-electron chi connectivity index (χ0n) is 12.1. The summed E-state index contributed by atoms with van der Waals surface area (Å²) in [5.74, 6) is 1.03. The predicted octanol–water partition coefficient (Wildman–Crippen LogP) is 4.86. The Morgan fingerprint density at radius 1 is 1.11 bits per heavy atom. The van der Waals surface area contributed by atoms with Gasteiger partial charge in [-0.1, -0.05) is 19.3 Å². The number of fused-ring (bicyclic) bond motifs is 1. The highest BCUT2D eigenvalue weighted by molar-refractivity contribution is 7.98. The number of rotatable bonds is 2. The zero-order chi connectivity index (χ0) is 13.3. The van der Waals surface area contributed by atoms with Crippen molar-refractivity contribution in [1.29, 1.82) is 0 Å². The van der Waals surface area contributed by atoms with Gasteiger partial charge in [0.15, 0.2) is 0 Å². The summed E-state index contributed by atoms with van der Waals surface area (Å²) in [6, 6.07) is 4.50. The van der Waals surface area contributed by atoms with E-state index in [0.29, 0.717) is 5.41 Å². The van der Waals surface area contributed by atoms with Crippen LogP contribution in [-0.2, 0) is 12.8 Å². The molecule has 0 N–H and O–H groups in total. The standard InChI is InChI=1S/C17H24OS/c1-18-14-10-13-6-9-17(7-4-3-5-8-17)12-15(13)16(11-14)19-2/h10-11H,3-9,12H2,1-2H3. The summed E-state index contributed by atoms with van der Waals surface area (Å²) in [6.07, 6.45) is 13.4. The van der Waals surface area contributed by atoms with Crippen molar-refractivity contribution >= 4 is 11.8 Å². The van der Waals surface area contributed by atoms with Gasteiger partial charge in [0.25, 0.3) is 0 Å². The van der Waals surface area contributed by atoms with Gasteiger partial charge in [0.2, 0.25) is 0 Å². The van der Waals surface area contributed by atoms with E-state index in [1.165, 1.54) is 56.3 Å². The van der Waals surface area contributed by atoms with E-state index in [9.17, 15) is 0 Å². The first-order valence-electron chi connectivity index (χ1n) is 7.50. The molecule has 0 unspecified atom stereocenters. The molecule has 1 aromatic carbocycles. The third-order valence-electron chi connectivity index (χ3n) is 5.12. The Morgan fingerprint density at radius 3 is 2.58 bits per heavy atom. The number of ether oxygens (including phenoxy) is 1. The lowest BCUT2D eigenvalue weighted by molar-refractivity contribution is 0.161. The molecule has 1 spiro atoms. The van der Waals surface area contributed by atoms with Crippen LogP contribution in [-0.4, -0.2) is 13.4 Å². The quantitative estimate of drug-likeness (QED) is 0.714. The maximum Gasteiger partial charge on any atom is 0.120 e. The van der Waals surface area contributed by atoms with E-state index in [0.717, 1.165) is 5.75 Å². The molecule has 1 fully saturated rings. The fourth-order valence-electron chi connectivity index (χ4n) is 3.99. The lowest BCUT2D eigenvalue weighted by Gasteiger charge is -2.42. The van der Waals surface area contributed by atoms with Crippen LogP contribution in [0.4, 0.5) is 0 Å². The van der Waals surface area contributed by atoms with Crippen molar-refractivity contribution < 1.29 is 4.74 Å². The van der Waals surface area contributed by atoms with E-state index in [1.807, 2.05) is 11.8 Å². The molecule has 0 aromatic heterocycles. The number of aryl methyl sites for hydroxylation is 1. The maximum atomic E-state index is 5.45. The molecule has 0 saturated heterocycles. The Morgan fingerprint density at radius 2 is 1.89 bits per heavy atom. The molecule has 1 saturated carbocycles. The molecule has 1 aromatic rings. The second-order valence-electron chi connectivity index (χ2n) is 6.20. The zero-order valence-corrected chi connectivity index (χ0v) is 12.9. The van der Waals surface area contributed by atoms with E-state index >= 15 is 0 Å². The van der Waals surface area contributed by atoms with Crippen LogP contribution in [0.25, 0.3) is 0 Å². The van der Waals surface area contributed by atoms with Gasteiger partial charge in [-0.3, -0.25) is 0 Å². The molecule has 0 aliphatic heterocycles. The van der Waals surface area contributed by atoms with Gasteiger partial charge >= 0.3 is 0 Å². The molecule has 1 nitrogen and oxygen atoms in total. The summed E-state index contributed by atoms with van der Waals surface area (Å²) < 4.78 is 5.45. The lowest BCUT2D eigenvalue weighted by atomic mass is 9.64. The first-order chi connectivity index (χ1) is 9.26. The first-order valence-corrected chi connectivity index (χ1v) is 8.73. The smallest absolute Gasteiger partial charge is 0.120 e. The van der Waals surface area contributed by atoms with Crippen LogP contribution >= 0.6 is 11.8 Å². The Labute approximate surface area is 121 Å². The highest BCUT2D eigenvalue weighted by Gasteiger charge is 2.36. The largest absolute Gasteiger partial charge is 0.497 e. The second kappa shape index (κ2) is 5.40. The van der Waals surface area contributed by atoms with Gasteiger partial charge in [-0.25, -0.2) is 0 Å². The van der Waals surface area contributed by atoms with Crippen LogP contribution in [0.3, 0.4) is 0 Å². The fourth-order valence-corrected chi connectivity index (χ4v) is 4.67. The highest BCUT2D eigenvalue weighted by atomic mass is 32.2. The Balaban J connectivity index is 1.95. The van der Waals surface area contributed by atoms with Crippen molar-refractivity contribution in [3.63, 3.8) is 0 Å². The molecule has 0 radical (unpaired) electrons. The average molecular weight is 276 g/mol. The van der Waals surface area contributed by atoms with Crippen molar-refractivity contribution in [1.82, 2.24) is 0 Å². The van der Waals surface area contributed by atoms with E-state index in [2.05, 4.69) is 18.4 Å². The van der Waals surface area contributed by atoms with Gasteiger partial charge in [0.1, 0.15) is 5.75 Å². The number of hydrogen-bond acceptors (Lipinski definition) is 2. The van der Waals surface area contributed by atoms with Gasteiger partial charge in [0, 0.05) is 4.90 Å². The fraction of sp³-hybridized carbons (Fsp3) is 0.647. The SMILES string of the molecule is COc1cc2c(c(SC)c1)CC1(CCCCC1)CC2. The molecule has 19 heavy (non-hydrogen) atoms. The minimum atomic E-state index is 0.629. The van der Waals surface area contributed by atoms with Gasteiger partial charge in [-0.2, -0.15) is 0 Å². The number of benzene rings is 1. The summed E-state index contributed by atoms with van der Waals surface area (Å²) in [5, 5.41) is 0. The minimum Gasteiger partial charge on any atom is -0.497 e. The van der Waals surface area contributed by atoms with Crippen LogP contribution in [0.2, 0.25) is 0 Å². The van der Waals surface area contributed by atoms with Gasteiger partial charge in [-0.05, 0) is 67.0 Å². The summed E-state index contributed by atoms with van der Waals surface area (Å²) in [5.41, 5.74) is 3.80. The Bertz CT molecular complexity index is 443. The normalized spacial score (nSPS) is 21.2. The molecule has 0 bridgehead atoms. The molecule has 2 heteroatoms. The molecule has 2 aliphatic rings. The maximum absolute atomic E-state index is 5.45. The van der Waals surface area contributed by atoms with Crippen LogP contribution in [0.5, 0.6) is 5.75 Å². The molecule has 2 aliphatic carbocycles. The average Bonchev–Trinajstić information content (AvgIpc) is 2.47. The molecule has 104 valence electrons. The topological polar surface area (TPSA) is 9.23 Å². The van der Waals surface area contributed by atoms with Crippen LogP contribution in [0.1, 0.15) is 49.7 Å². The third-order valence-corrected chi connectivity index (χ3v) is 5.93. The van der Waals surface area contributed by atoms with E-state index in [1.54, 1.807) is 18.2 Å². The molecule has 3 rings (SSSR count). The van der Waals surface area contributed by atoms with Crippen molar-refractivity contribution in [2.75, 3.05) is 13.4 Å². The third kappa shape index (κ3) is 2.52.